The highest BCUT2D eigenvalue weighted by Crippen LogP contribution is 2.30. The number of nitrogens with zero attached hydrogens (tertiary/aromatic N) is 1. The average molecular weight is 215 g/mol. The summed E-state index contributed by atoms with van der Waals surface area (Å²) in [6.07, 6.45) is 3.48. The number of benzene rings is 1. The van der Waals surface area contributed by atoms with Crippen LogP contribution in [0.2, 0.25) is 0 Å². The molecule has 0 amide bonds. The summed E-state index contributed by atoms with van der Waals surface area (Å²) < 4.78 is 0. The van der Waals surface area contributed by atoms with Crippen molar-refractivity contribution in [2.24, 2.45) is 0 Å². The van der Waals surface area contributed by atoms with Crippen molar-refractivity contribution in [2.75, 3.05) is 0 Å². The lowest BCUT2D eigenvalue weighted by atomic mass is 9.89. The second-order valence-electron chi connectivity index (χ2n) is 4.40. The van der Waals surface area contributed by atoms with Crippen molar-refractivity contribution in [3.63, 3.8) is 0 Å². The summed E-state index contributed by atoms with van der Waals surface area (Å²) in [4.78, 5) is 4.37. The van der Waals surface area contributed by atoms with Gasteiger partial charge in [-0.15, -0.1) is 0 Å². The van der Waals surface area contributed by atoms with Crippen molar-refractivity contribution in [1.29, 1.82) is 0 Å². The summed E-state index contributed by atoms with van der Waals surface area (Å²) >= 11 is 0. The highest BCUT2D eigenvalue weighted by molar-refractivity contribution is 5.82. The third-order valence-corrected chi connectivity index (χ3v) is 2.95. The van der Waals surface area contributed by atoms with Gasteiger partial charge in [-0.25, -0.2) is 0 Å². The molecule has 1 atom stereocenters. The standard InChI is InChI=1S/C14H17NO/c1-3-9-14(2,16)12-8-4-6-11-7-5-10-15-13(11)12/h4-8,10,16H,3,9H2,1-2H3. The van der Waals surface area contributed by atoms with Crippen LogP contribution in [0.4, 0.5) is 0 Å². The van der Waals surface area contributed by atoms with Crippen molar-refractivity contribution in [3.05, 3.63) is 42.1 Å². The minimum absolute atomic E-state index is 0.753. The van der Waals surface area contributed by atoms with Crippen molar-refractivity contribution in [3.8, 4) is 0 Å². The topological polar surface area (TPSA) is 33.1 Å². The molecule has 1 heterocycles. The molecule has 1 unspecified atom stereocenters. The predicted molar refractivity (Wildman–Crippen MR) is 66.2 cm³/mol. The van der Waals surface area contributed by atoms with E-state index in [0.717, 1.165) is 29.3 Å². The minimum Gasteiger partial charge on any atom is -0.385 e. The minimum atomic E-state index is -0.789. The largest absolute Gasteiger partial charge is 0.385 e. The lowest BCUT2D eigenvalue weighted by Gasteiger charge is -2.24. The van der Waals surface area contributed by atoms with Gasteiger partial charge in [0, 0.05) is 17.1 Å². The summed E-state index contributed by atoms with van der Waals surface area (Å²) in [5, 5.41) is 11.5. The third-order valence-electron chi connectivity index (χ3n) is 2.95. The molecule has 84 valence electrons. The Bertz CT molecular complexity index is 486. The molecule has 0 aliphatic heterocycles. The molecule has 0 fully saturated rings. The van der Waals surface area contributed by atoms with E-state index >= 15 is 0 Å². The maximum atomic E-state index is 10.4. The molecule has 0 aliphatic rings. The second kappa shape index (κ2) is 4.22. The Labute approximate surface area is 96.0 Å². The zero-order chi connectivity index (χ0) is 11.6. The first-order valence-electron chi connectivity index (χ1n) is 5.72. The van der Waals surface area contributed by atoms with Crippen molar-refractivity contribution in [1.82, 2.24) is 4.98 Å². The number of aromatic nitrogens is 1. The lowest BCUT2D eigenvalue weighted by molar-refractivity contribution is 0.0483. The van der Waals surface area contributed by atoms with Crippen LogP contribution in [0.1, 0.15) is 32.3 Å². The Kier molecular flexibility index (Phi) is 2.92. The van der Waals surface area contributed by atoms with E-state index in [9.17, 15) is 5.11 Å². The van der Waals surface area contributed by atoms with Crippen LogP contribution in [0.25, 0.3) is 10.9 Å². The number of para-hydroxylation sites is 1. The number of fused-ring (bicyclic) bond motifs is 1. The Morgan fingerprint density at radius 2 is 2.00 bits per heavy atom. The van der Waals surface area contributed by atoms with Crippen LogP contribution in [0.3, 0.4) is 0 Å². The van der Waals surface area contributed by atoms with E-state index in [2.05, 4.69) is 11.9 Å². The van der Waals surface area contributed by atoms with Gasteiger partial charge in [-0.05, 0) is 19.4 Å². The molecule has 0 aliphatic carbocycles. The first-order chi connectivity index (χ1) is 7.65. The normalized spacial score (nSPS) is 14.9. The molecule has 0 bridgehead atoms. The Morgan fingerprint density at radius 3 is 2.75 bits per heavy atom. The third kappa shape index (κ3) is 1.93. The number of pyridine rings is 1. The van der Waals surface area contributed by atoms with Gasteiger partial charge in [0.15, 0.2) is 0 Å². The fraction of sp³-hybridized carbons (Fsp3) is 0.357. The maximum absolute atomic E-state index is 10.4. The van der Waals surface area contributed by atoms with Crippen LogP contribution < -0.4 is 0 Å². The fourth-order valence-electron chi connectivity index (χ4n) is 2.16. The van der Waals surface area contributed by atoms with Crippen LogP contribution in [-0.2, 0) is 5.60 Å². The highest BCUT2D eigenvalue weighted by atomic mass is 16.3. The summed E-state index contributed by atoms with van der Waals surface area (Å²) in [6.45, 7) is 3.94. The van der Waals surface area contributed by atoms with Gasteiger partial charge in [0.25, 0.3) is 0 Å². The summed E-state index contributed by atoms with van der Waals surface area (Å²) in [5.74, 6) is 0. The van der Waals surface area contributed by atoms with E-state index in [1.807, 2.05) is 37.3 Å². The van der Waals surface area contributed by atoms with E-state index in [0.29, 0.717) is 0 Å². The quantitative estimate of drug-likeness (QED) is 0.852. The van der Waals surface area contributed by atoms with Gasteiger partial charge < -0.3 is 5.11 Å². The van der Waals surface area contributed by atoms with E-state index in [4.69, 9.17) is 0 Å². The van der Waals surface area contributed by atoms with Gasteiger partial charge in [-0.1, -0.05) is 37.6 Å². The van der Waals surface area contributed by atoms with E-state index in [1.165, 1.54) is 0 Å². The number of hydrogen-bond acceptors (Lipinski definition) is 2. The molecule has 2 heteroatoms. The molecular formula is C14H17NO. The van der Waals surface area contributed by atoms with Gasteiger partial charge in [0.2, 0.25) is 0 Å². The van der Waals surface area contributed by atoms with Gasteiger partial charge >= 0.3 is 0 Å². The molecule has 1 N–H and O–H groups in total. The van der Waals surface area contributed by atoms with Crippen molar-refractivity contribution >= 4 is 10.9 Å². The van der Waals surface area contributed by atoms with Crippen molar-refractivity contribution < 1.29 is 5.11 Å². The SMILES string of the molecule is CCCC(C)(O)c1cccc2cccnc12. The Balaban J connectivity index is 2.60. The van der Waals surface area contributed by atoms with Gasteiger partial charge in [0.05, 0.1) is 11.1 Å². The van der Waals surface area contributed by atoms with Crippen LogP contribution >= 0.6 is 0 Å². The summed E-state index contributed by atoms with van der Waals surface area (Å²) in [7, 11) is 0. The molecule has 0 saturated heterocycles. The molecule has 1 aromatic heterocycles. The fourth-order valence-corrected chi connectivity index (χ4v) is 2.16. The average Bonchev–Trinajstić information content (AvgIpc) is 2.28. The van der Waals surface area contributed by atoms with Gasteiger partial charge in [-0.3, -0.25) is 4.98 Å². The lowest BCUT2D eigenvalue weighted by Crippen LogP contribution is -2.21. The van der Waals surface area contributed by atoms with Crippen LogP contribution in [0.5, 0.6) is 0 Å². The monoisotopic (exact) mass is 215 g/mol. The molecular weight excluding hydrogens is 198 g/mol. The van der Waals surface area contributed by atoms with Crippen LogP contribution in [-0.4, -0.2) is 10.1 Å². The molecule has 2 rings (SSSR count). The van der Waals surface area contributed by atoms with Gasteiger partial charge in [0.1, 0.15) is 0 Å². The molecule has 1 aromatic carbocycles. The molecule has 2 nitrogen and oxygen atoms in total. The van der Waals surface area contributed by atoms with Crippen LogP contribution in [0.15, 0.2) is 36.5 Å². The highest BCUT2D eigenvalue weighted by Gasteiger charge is 2.24. The molecule has 0 spiro atoms. The molecule has 16 heavy (non-hydrogen) atoms. The molecule has 0 saturated carbocycles. The molecule has 2 aromatic rings. The zero-order valence-electron chi connectivity index (χ0n) is 9.77. The number of aliphatic hydroxyl groups is 1. The van der Waals surface area contributed by atoms with Crippen LogP contribution in [0, 0.1) is 0 Å². The maximum Gasteiger partial charge on any atom is 0.0889 e. The zero-order valence-corrected chi connectivity index (χ0v) is 9.77. The van der Waals surface area contributed by atoms with E-state index in [-0.39, 0.29) is 0 Å². The number of rotatable bonds is 3. The van der Waals surface area contributed by atoms with E-state index < -0.39 is 5.60 Å². The summed E-state index contributed by atoms with van der Waals surface area (Å²) in [6, 6.07) is 9.90. The van der Waals surface area contributed by atoms with Crippen molar-refractivity contribution in [2.45, 2.75) is 32.3 Å². The predicted octanol–water partition coefficient (Wildman–Crippen LogP) is 3.24. The molecule has 0 radical (unpaired) electrons. The summed E-state index contributed by atoms with van der Waals surface area (Å²) in [5.41, 5.74) is 1.04. The Hall–Kier alpha value is -1.41. The van der Waals surface area contributed by atoms with E-state index in [1.54, 1.807) is 6.20 Å². The smallest absolute Gasteiger partial charge is 0.0889 e. The second-order valence-corrected chi connectivity index (χ2v) is 4.40. The number of hydrogen-bond donors (Lipinski definition) is 1. The van der Waals surface area contributed by atoms with Gasteiger partial charge in [-0.2, -0.15) is 0 Å². The Morgan fingerprint density at radius 1 is 1.25 bits per heavy atom. The first-order valence-corrected chi connectivity index (χ1v) is 5.72. The first kappa shape index (κ1) is 11.1.